The van der Waals surface area contributed by atoms with Gasteiger partial charge in [-0.3, -0.25) is 5.73 Å². The molecule has 1 aliphatic carbocycles. The van der Waals surface area contributed by atoms with Crippen LogP contribution in [-0.2, 0) is 14.9 Å². The highest BCUT2D eigenvalue weighted by molar-refractivity contribution is 5.97. The third kappa shape index (κ3) is 1.45. The first kappa shape index (κ1) is 18.0. The molecular weight excluding hydrogens is 336 g/mol. The lowest BCUT2D eigenvalue weighted by Crippen LogP contribution is -2.91. The maximum atomic E-state index is 10.2. The number of amidine groups is 1. The van der Waals surface area contributed by atoms with Crippen molar-refractivity contribution in [1.82, 2.24) is 0 Å². The van der Waals surface area contributed by atoms with E-state index >= 15 is 0 Å². The van der Waals surface area contributed by atoms with Gasteiger partial charge in [0.2, 0.25) is 0 Å². The van der Waals surface area contributed by atoms with Crippen molar-refractivity contribution in [3.63, 3.8) is 0 Å². The Labute approximate surface area is 151 Å². The van der Waals surface area contributed by atoms with Gasteiger partial charge in [0.25, 0.3) is 5.84 Å². The summed E-state index contributed by atoms with van der Waals surface area (Å²) in [4.78, 5) is 2.87. The van der Waals surface area contributed by atoms with Gasteiger partial charge in [0, 0.05) is 19.8 Å². The molecule has 0 amide bonds. The molecule has 1 saturated carbocycles. The fraction of sp³-hybridized carbons (Fsp3) is 0.500. The van der Waals surface area contributed by atoms with Gasteiger partial charge in [0.1, 0.15) is 11.5 Å². The minimum atomic E-state index is -1.58. The molecule has 0 unspecified atom stereocenters. The SMILES string of the molecule is COc1ccc(OC)c([C@]2(C)[C@]3(C#N)C(N)=[NH+]C(OC)(OC)[C@@]32C#N)c1. The Hall–Kier alpha value is -2.81. The van der Waals surface area contributed by atoms with Gasteiger partial charge in [-0.2, -0.15) is 10.5 Å². The Morgan fingerprint density at radius 2 is 1.69 bits per heavy atom. The average Bonchev–Trinajstić information content (AvgIpc) is 3.09. The number of methoxy groups -OCH3 is 4. The van der Waals surface area contributed by atoms with Crippen LogP contribution in [0.15, 0.2) is 18.2 Å². The van der Waals surface area contributed by atoms with E-state index in [-0.39, 0.29) is 5.84 Å². The van der Waals surface area contributed by atoms with E-state index in [2.05, 4.69) is 17.1 Å². The third-order valence-corrected chi connectivity index (χ3v) is 6.05. The molecule has 8 heteroatoms. The number of hydrogen-bond donors (Lipinski definition) is 2. The Morgan fingerprint density at radius 3 is 2.15 bits per heavy atom. The Balaban J connectivity index is 2.39. The zero-order chi connectivity index (χ0) is 19.4. The topological polar surface area (TPSA) is 124 Å². The fourth-order valence-corrected chi connectivity index (χ4v) is 4.76. The zero-order valence-electron chi connectivity index (χ0n) is 15.3. The Kier molecular flexibility index (Phi) is 3.70. The summed E-state index contributed by atoms with van der Waals surface area (Å²) in [5, 5.41) is 20.3. The molecule has 0 spiro atoms. The molecule has 26 heavy (non-hydrogen) atoms. The normalized spacial score (nSPS) is 33.4. The quantitative estimate of drug-likeness (QED) is 0.674. The molecule has 3 N–H and O–H groups in total. The van der Waals surface area contributed by atoms with E-state index in [0.29, 0.717) is 17.1 Å². The number of nitrogens with zero attached hydrogens (tertiary/aromatic N) is 2. The molecule has 1 aromatic carbocycles. The number of hydrogen-bond acceptors (Lipinski definition) is 7. The molecule has 1 fully saturated rings. The second-order valence-electron chi connectivity index (χ2n) is 6.48. The van der Waals surface area contributed by atoms with Crippen LogP contribution >= 0.6 is 0 Å². The van der Waals surface area contributed by atoms with Crippen LogP contribution in [0.25, 0.3) is 0 Å². The standard InChI is InChI=1S/C18H20N4O4/c1-15(12-8-11(23-2)6-7-13(12)24-3)16(9-19)14(21)22-18(25-4,26-5)17(15,16)10-20/h6-8H,1-5H3,(H2,21,22)/p+1/t15-,16+,17-/m1/s1. The Bertz CT molecular complexity index is 882. The first-order chi connectivity index (χ1) is 12.4. The number of benzene rings is 1. The van der Waals surface area contributed by atoms with Gasteiger partial charge in [0.05, 0.1) is 31.8 Å². The molecule has 0 saturated heterocycles. The van der Waals surface area contributed by atoms with Gasteiger partial charge >= 0.3 is 5.91 Å². The zero-order valence-corrected chi connectivity index (χ0v) is 15.3. The van der Waals surface area contributed by atoms with Crippen LogP contribution in [0.5, 0.6) is 11.5 Å². The second kappa shape index (κ2) is 5.34. The number of nitrogens with one attached hydrogen (secondary N) is 1. The van der Waals surface area contributed by atoms with Crippen molar-refractivity contribution in [1.29, 1.82) is 10.5 Å². The lowest BCUT2D eigenvalue weighted by Gasteiger charge is -2.30. The summed E-state index contributed by atoms with van der Waals surface area (Å²) in [7, 11) is 5.87. The van der Waals surface area contributed by atoms with Crippen LogP contribution in [0.1, 0.15) is 12.5 Å². The van der Waals surface area contributed by atoms with Crippen molar-refractivity contribution in [2.45, 2.75) is 18.2 Å². The van der Waals surface area contributed by atoms with Crippen molar-refractivity contribution < 1.29 is 23.9 Å². The van der Waals surface area contributed by atoms with E-state index in [4.69, 9.17) is 24.7 Å². The smallest absolute Gasteiger partial charge is 0.343 e. The number of nitrogens with two attached hydrogens (primary N) is 1. The fourth-order valence-electron chi connectivity index (χ4n) is 4.76. The minimum absolute atomic E-state index is 0.123. The third-order valence-electron chi connectivity index (χ3n) is 6.05. The molecular formula is C18H21N4O4+. The van der Waals surface area contributed by atoms with Crippen molar-refractivity contribution in [3.8, 4) is 23.6 Å². The molecule has 3 rings (SSSR count). The van der Waals surface area contributed by atoms with Crippen LogP contribution < -0.4 is 20.2 Å². The first-order valence-corrected chi connectivity index (χ1v) is 7.92. The first-order valence-electron chi connectivity index (χ1n) is 7.92. The summed E-state index contributed by atoms with van der Waals surface area (Å²) in [6.45, 7) is 1.79. The maximum Gasteiger partial charge on any atom is 0.343 e. The largest absolute Gasteiger partial charge is 0.497 e. The van der Waals surface area contributed by atoms with Crippen molar-refractivity contribution in [2.24, 2.45) is 16.6 Å². The molecule has 136 valence electrons. The van der Waals surface area contributed by atoms with Crippen LogP contribution in [0, 0.1) is 33.5 Å². The highest BCUT2D eigenvalue weighted by atomic mass is 16.7. The highest BCUT2D eigenvalue weighted by Gasteiger charge is 3.03. The minimum Gasteiger partial charge on any atom is -0.497 e. The Morgan fingerprint density at radius 1 is 1.04 bits per heavy atom. The van der Waals surface area contributed by atoms with Crippen LogP contribution in [-0.4, -0.2) is 40.2 Å². The molecule has 8 nitrogen and oxygen atoms in total. The molecule has 1 aliphatic heterocycles. The summed E-state index contributed by atoms with van der Waals surface area (Å²) in [6, 6.07) is 9.75. The number of ether oxygens (including phenoxy) is 4. The monoisotopic (exact) mass is 357 g/mol. The number of nitriles is 2. The summed E-state index contributed by atoms with van der Waals surface area (Å²) >= 11 is 0. The van der Waals surface area contributed by atoms with E-state index in [1.807, 2.05) is 0 Å². The molecule has 0 aromatic heterocycles. The molecule has 1 heterocycles. The predicted molar refractivity (Wildman–Crippen MR) is 89.9 cm³/mol. The lowest BCUT2D eigenvalue weighted by atomic mass is 9.84. The van der Waals surface area contributed by atoms with Gasteiger partial charge in [-0.05, 0) is 18.2 Å². The van der Waals surface area contributed by atoms with Crippen LogP contribution in [0.2, 0.25) is 0 Å². The van der Waals surface area contributed by atoms with E-state index in [9.17, 15) is 10.5 Å². The molecule has 0 radical (unpaired) electrons. The van der Waals surface area contributed by atoms with E-state index in [1.165, 1.54) is 21.3 Å². The van der Waals surface area contributed by atoms with Crippen LogP contribution in [0.4, 0.5) is 0 Å². The van der Waals surface area contributed by atoms with Crippen LogP contribution in [0.3, 0.4) is 0 Å². The molecule has 2 aliphatic rings. The lowest BCUT2D eigenvalue weighted by molar-refractivity contribution is -0.688. The summed E-state index contributed by atoms with van der Waals surface area (Å²) < 4.78 is 21.9. The number of fused-ring (bicyclic) bond motifs is 1. The highest BCUT2D eigenvalue weighted by Crippen LogP contribution is 2.82. The predicted octanol–water partition coefficient (Wildman–Crippen LogP) is -0.607. The van der Waals surface area contributed by atoms with Gasteiger partial charge in [-0.1, -0.05) is 6.92 Å². The van der Waals surface area contributed by atoms with Gasteiger partial charge in [-0.15, -0.1) is 0 Å². The van der Waals surface area contributed by atoms with E-state index in [1.54, 1.807) is 32.2 Å². The van der Waals surface area contributed by atoms with E-state index < -0.39 is 22.2 Å². The van der Waals surface area contributed by atoms with Crippen molar-refractivity contribution in [3.05, 3.63) is 23.8 Å². The summed E-state index contributed by atoms with van der Waals surface area (Å²) in [5.74, 6) is -0.372. The van der Waals surface area contributed by atoms with Gasteiger partial charge in [-0.25, -0.2) is 4.99 Å². The maximum absolute atomic E-state index is 10.2. The summed E-state index contributed by atoms with van der Waals surface area (Å²) in [5.41, 5.74) is 2.97. The second-order valence-corrected chi connectivity index (χ2v) is 6.48. The molecule has 0 bridgehead atoms. The molecule has 1 aromatic rings. The number of rotatable bonds is 5. The van der Waals surface area contributed by atoms with E-state index in [0.717, 1.165) is 0 Å². The van der Waals surface area contributed by atoms with Crippen molar-refractivity contribution in [2.75, 3.05) is 28.4 Å². The molecule has 3 atom stereocenters. The van der Waals surface area contributed by atoms with Crippen molar-refractivity contribution >= 4 is 5.84 Å². The van der Waals surface area contributed by atoms with Gasteiger partial charge < -0.3 is 18.9 Å². The average molecular weight is 357 g/mol. The van der Waals surface area contributed by atoms with Gasteiger partial charge in [0.15, 0.2) is 10.8 Å². The summed E-state index contributed by atoms with van der Waals surface area (Å²) in [6.07, 6.45) is 0.